The van der Waals surface area contributed by atoms with Gasteiger partial charge in [0.15, 0.2) is 5.78 Å². The lowest BCUT2D eigenvalue weighted by atomic mass is 10.1. The Labute approximate surface area is 120 Å². The molecular weight excluding hydrogens is 254 g/mol. The fourth-order valence-corrected chi connectivity index (χ4v) is 1.67. The summed E-state index contributed by atoms with van der Waals surface area (Å²) in [5.41, 5.74) is 1.03. The van der Waals surface area contributed by atoms with Gasteiger partial charge in [-0.1, -0.05) is 44.2 Å². The summed E-state index contributed by atoms with van der Waals surface area (Å²) in [6.45, 7) is 6.64. The van der Waals surface area contributed by atoms with Crippen LogP contribution in [-0.4, -0.2) is 36.3 Å². The zero-order chi connectivity index (χ0) is 15.0. The first-order chi connectivity index (χ1) is 9.54. The molecule has 110 valence electrons. The molecule has 0 spiro atoms. The average molecular weight is 277 g/mol. The third kappa shape index (κ3) is 5.53. The summed E-state index contributed by atoms with van der Waals surface area (Å²) in [5.74, 6) is -0.122. The lowest BCUT2D eigenvalue weighted by Crippen LogP contribution is -2.39. The molecule has 0 radical (unpaired) electrons. The Morgan fingerprint density at radius 3 is 2.40 bits per heavy atom. The molecule has 0 saturated carbocycles. The van der Waals surface area contributed by atoms with Crippen molar-refractivity contribution in [3.05, 3.63) is 35.9 Å². The average Bonchev–Trinajstić information content (AvgIpc) is 2.45. The van der Waals surface area contributed by atoms with Gasteiger partial charge in [-0.25, -0.2) is 0 Å². The quantitative estimate of drug-likeness (QED) is 0.732. The van der Waals surface area contributed by atoms with Gasteiger partial charge in [0.1, 0.15) is 6.61 Å². The van der Waals surface area contributed by atoms with E-state index in [0.29, 0.717) is 13.2 Å². The molecule has 0 fully saturated rings. The number of benzene rings is 1. The first kappa shape index (κ1) is 16.4. The molecule has 4 nitrogen and oxygen atoms in total. The molecule has 0 N–H and O–H groups in total. The van der Waals surface area contributed by atoms with Crippen LogP contribution in [0, 0.1) is 5.92 Å². The van der Waals surface area contributed by atoms with Gasteiger partial charge in [-0.3, -0.25) is 9.59 Å². The second kappa shape index (κ2) is 8.48. The maximum absolute atomic E-state index is 12.0. The summed E-state index contributed by atoms with van der Waals surface area (Å²) < 4.78 is 5.40. The van der Waals surface area contributed by atoms with E-state index in [4.69, 9.17) is 4.74 Å². The highest BCUT2D eigenvalue weighted by Crippen LogP contribution is 2.02. The fourth-order valence-electron chi connectivity index (χ4n) is 1.67. The van der Waals surface area contributed by atoms with Crippen molar-refractivity contribution in [1.82, 2.24) is 4.90 Å². The molecule has 0 heterocycles. The number of ketones is 1. The first-order valence-electron chi connectivity index (χ1n) is 6.96. The number of nitrogens with zero attached hydrogens (tertiary/aromatic N) is 1. The molecule has 0 aliphatic heterocycles. The van der Waals surface area contributed by atoms with Crippen LogP contribution in [0.2, 0.25) is 0 Å². The molecule has 0 aliphatic rings. The van der Waals surface area contributed by atoms with Crippen molar-refractivity contribution in [3.63, 3.8) is 0 Å². The molecule has 4 heteroatoms. The van der Waals surface area contributed by atoms with Crippen LogP contribution in [0.25, 0.3) is 0 Å². The molecule has 0 aliphatic carbocycles. The molecule has 0 bridgehead atoms. The van der Waals surface area contributed by atoms with Gasteiger partial charge in [-0.2, -0.15) is 0 Å². The Morgan fingerprint density at radius 1 is 1.20 bits per heavy atom. The normalized spacial score (nSPS) is 10.6. The smallest absolute Gasteiger partial charge is 0.248 e. The number of rotatable bonds is 8. The molecule has 1 amide bonds. The lowest BCUT2D eigenvalue weighted by molar-refractivity contribution is -0.140. The van der Waals surface area contributed by atoms with Crippen LogP contribution >= 0.6 is 0 Å². The Kier molecular flexibility index (Phi) is 6.94. The summed E-state index contributed by atoms with van der Waals surface area (Å²) >= 11 is 0. The molecular formula is C16H23NO3. The fraction of sp³-hybridized carbons (Fsp3) is 0.500. The summed E-state index contributed by atoms with van der Waals surface area (Å²) in [6.07, 6.45) is 0. The van der Waals surface area contributed by atoms with Gasteiger partial charge in [0.05, 0.1) is 13.2 Å². The Bertz CT molecular complexity index is 429. The Hall–Kier alpha value is -1.68. The summed E-state index contributed by atoms with van der Waals surface area (Å²) in [5, 5.41) is 0. The van der Waals surface area contributed by atoms with Crippen molar-refractivity contribution in [1.29, 1.82) is 0 Å². The Morgan fingerprint density at radius 2 is 1.85 bits per heavy atom. The first-order valence-corrected chi connectivity index (χ1v) is 6.96. The SMILES string of the molecule is CCN(CC(=O)C(C)C)C(=O)COCc1ccccc1. The molecule has 0 atom stereocenters. The van der Waals surface area contributed by atoms with E-state index in [0.717, 1.165) is 5.56 Å². The van der Waals surface area contributed by atoms with Crippen molar-refractivity contribution < 1.29 is 14.3 Å². The second-order valence-corrected chi connectivity index (χ2v) is 5.01. The zero-order valence-corrected chi connectivity index (χ0v) is 12.5. The second-order valence-electron chi connectivity index (χ2n) is 5.01. The minimum absolute atomic E-state index is 0.00805. The minimum atomic E-state index is -0.141. The maximum atomic E-state index is 12.0. The van der Waals surface area contributed by atoms with Crippen molar-refractivity contribution in [2.24, 2.45) is 5.92 Å². The standard InChI is InChI=1S/C16H23NO3/c1-4-17(10-15(18)13(2)3)16(19)12-20-11-14-8-6-5-7-9-14/h5-9,13H,4,10-12H2,1-3H3. The van der Waals surface area contributed by atoms with E-state index < -0.39 is 0 Å². The summed E-state index contributed by atoms with van der Waals surface area (Å²) in [6, 6.07) is 9.69. The number of amides is 1. The van der Waals surface area contributed by atoms with Gasteiger partial charge in [-0.15, -0.1) is 0 Å². The number of carbonyl (C=O) groups excluding carboxylic acids is 2. The highest BCUT2D eigenvalue weighted by molar-refractivity contribution is 5.87. The highest BCUT2D eigenvalue weighted by Gasteiger charge is 2.17. The van der Waals surface area contributed by atoms with Crippen LogP contribution in [0.5, 0.6) is 0 Å². The third-order valence-corrected chi connectivity index (χ3v) is 3.06. The number of carbonyl (C=O) groups is 2. The third-order valence-electron chi connectivity index (χ3n) is 3.06. The molecule has 0 unspecified atom stereocenters. The zero-order valence-electron chi connectivity index (χ0n) is 12.5. The Balaban J connectivity index is 2.38. The van der Waals surface area contributed by atoms with Gasteiger partial charge in [0.25, 0.3) is 0 Å². The minimum Gasteiger partial charge on any atom is -0.367 e. The number of hydrogen-bond acceptors (Lipinski definition) is 3. The van der Waals surface area contributed by atoms with E-state index in [-0.39, 0.29) is 30.8 Å². The lowest BCUT2D eigenvalue weighted by Gasteiger charge is -2.21. The van der Waals surface area contributed by atoms with E-state index in [1.807, 2.05) is 51.1 Å². The van der Waals surface area contributed by atoms with Crippen LogP contribution in [0.15, 0.2) is 30.3 Å². The maximum Gasteiger partial charge on any atom is 0.248 e. The van der Waals surface area contributed by atoms with Gasteiger partial charge in [0, 0.05) is 12.5 Å². The molecule has 20 heavy (non-hydrogen) atoms. The summed E-state index contributed by atoms with van der Waals surface area (Å²) in [7, 11) is 0. The van der Waals surface area contributed by atoms with Crippen molar-refractivity contribution in [2.75, 3.05) is 19.7 Å². The van der Waals surface area contributed by atoms with Crippen molar-refractivity contribution >= 4 is 11.7 Å². The van der Waals surface area contributed by atoms with Crippen LogP contribution in [0.3, 0.4) is 0 Å². The summed E-state index contributed by atoms with van der Waals surface area (Å²) in [4.78, 5) is 25.2. The van der Waals surface area contributed by atoms with E-state index in [1.165, 1.54) is 4.90 Å². The van der Waals surface area contributed by atoms with Crippen LogP contribution in [-0.2, 0) is 20.9 Å². The van der Waals surface area contributed by atoms with Crippen molar-refractivity contribution in [2.45, 2.75) is 27.4 Å². The number of likely N-dealkylation sites (N-methyl/N-ethyl adjacent to an activating group) is 1. The molecule has 1 aromatic carbocycles. The molecule has 1 aromatic rings. The number of Topliss-reactive ketones (excluding diaryl/α,β-unsaturated/α-hetero) is 1. The number of ether oxygens (including phenoxy) is 1. The number of hydrogen-bond donors (Lipinski definition) is 0. The van der Waals surface area contributed by atoms with E-state index in [1.54, 1.807) is 0 Å². The molecule has 0 aromatic heterocycles. The topological polar surface area (TPSA) is 46.6 Å². The van der Waals surface area contributed by atoms with Gasteiger partial charge >= 0.3 is 0 Å². The van der Waals surface area contributed by atoms with Crippen LogP contribution in [0.1, 0.15) is 26.3 Å². The molecule has 0 saturated heterocycles. The van der Waals surface area contributed by atoms with Gasteiger partial charge in [0.2, 0.25) is 5.91 Å². The highest BCUT2D eigenvalue weighted by atomic mass is 16.5. The van der Waals surface area contributed by atoms with Gasteiger partial charge in [-0.05, 0) is 12.5 Å². The monoisotopic (exact) mass is 277 g/mol. The van der Waals surface area contributed by atoms with Crippen LogP contribution < -0.4 is 0 Å². The van der Waals surface area contributed by atoms with Gasteiger partial charge < -0.3 is 9.64 Å². The van der Waals surface area contributed by atoms with E-state index in [2.05, 4.69) is 0 Å². The van der Waals surface area contributed by atoms with E-state index >= 15 is 0 Å². The predicted molar refractivity (Wildman–Crippen MR) is 78.2 cm³/mol. The molecule has 1 rings (SSSR count). The van der Waals surface area contributed by atoms with Crippen LogP contribution in [0.4, 0.5) is 0 Å². The predicted octanol–water partition coefficient (Wildman–Crippen LogP) is 2.28. The van der Waals surface area contributed by atoms with Crippen molar-refractivity contribution in [3.8, 4) is 0 Å². The largest absolute Gasteiger partial charge is 0.367 e. The van der Waals surface area contributed by atoms with E-state index in [9.17, 15) is 9.59 Å².